The Bertz CT molecular complexity index is 1060. The van der Waals surface area contributed by atoms with Crippen molar-refractivity contribution in [3.8, 4) is 16.9 Å². The average molecular weight is 532 g/mol. The monoisotopic (exact) mass is 531 g/mol. The molecule has 8 heteroatoms. The number of hydrogen-bond donors (Lipinski definition) is 1. The lowest BCUT2D eigenvalue weighted by Crippen LogP contribution is -2.09. The molecular weight excluding hydrogens is 518 g/mol. The van der Waals surface area contributed by atoms with Gasteiger partial charge in [-0.3, -0.25) is 4.79 Å². The lowest BCUT2D eigenvalue weighted by Gasteiger charge is -2.14. The van der Waals surface area contributed by atoms with Gasteiger partial charge in [-0.1, -0.05) is 29.8 Å². The van der Waals surface area contributed by atoms with Gasteiger partial charge in [0, 0.05) is 34.2 Å². The Morgan fingerprint density at radius 1 is 1.03 bits per heavy atom. The molecule has 0 amide bonds. The standard InChI is InChI=1S/C21H14ClF3INO2/c22-16-5-4-13(12-2-1-3-15(23)9-12)8-14(16)10-27-21-17(24)6-7-18(20(21)25)29-11-19(26)28/h1-9,27H,10-11H2. The van der Waals surface area contributed by atoms with Gasteiger partial charge in [-0.25, -0.2) is 13.2 Å². The van der Waals surface area contributed by atoms with Crippen LogP contribution in [0, 0.1) is 17.5 Å². The second kappa shape index (κ2) is 9.49. The highest BCUT2D eigenvalue weighted by Gasteiger charge is 2.16. The first-order valence-electron chi connectivity index (χ1n) is 8.42. The van der Waals surface area contributed by atoms with Crippen LogP contribution in [0.1, 0.15) is 5.56 Å². The minimum absolute atomic E-state index is 0.0184. The van der Waals surface area contributed by atoms with Gasteiger partial charge in [0.15, 0.2) is 18.2 Å². The zero-order chi connectivity index (χ0) is 21.0. The molecule has 3 nitrogen and oxygen atoms in total. The predicted octanol–water partition coefficient (Wildman–Crippen LogP) is 6.38. The van der Waals surface area contributed by atoms with Crippen molar-refractivity contribution in [3.63, 3.8) is 0 Å². The number of carbonyl (C=O) groups excluding carboxylic acids is 1. The Morgan fingerprint density at radius 3 is 2.52 bits per heavy atom. The van der Waals surface area contributed by atoms with E-state index in [-0.39, 0.29) is 28.5 Å². The number of rotatable bonds is 7. The van der Waals surface area contributed by atoms with Crippen molar-refractivity contribution >= 4 is 43.7 Å². The molecule has 0 bridgehead atoms. The van der Waals surface area contributed by atoms with E-state index in [4.69, 9.17) is 16.3 Å². The third-order valence-corrected chi connectivity index (χ3v) is 4.74. The maximum absolute atomic E-state index is 14.6. The summed E-state index contributed by atoms with van der Waals surface area (Å²) in [5.74, 6) is -2.37. The Hall–Kier alpha value is -2.26. The van der Waals surface area contributed by atoms with Crippen LogP contribution in [-0.2, 0) is 11.3 Å². The van der Waals surface area contributed by atoms with Crippen LogP contribution in [0.15, 0.2) is 54.6 Å². The summed E-state index contributed by atoms with van der Waals surface area (Å²) >= 11 is 7.73. The Kier molecular flexibility index (Phi) is 7.02. The fraction of sp³-hybridized carbons (Fsp3) is 0.0952. The minimum Gasteiger partial charge on any atom is -0.482 e. The maximum Gasteiger partial charge on any atom is 0.229 e. The Balaban J connectivity index is 1.83. The number of hydrogen-bond acceptors (Lipinski definition) is 3. The van der Waals surface area contributed by atoms with Crippen molar-refractivity contribution in [3.05, 3.63) is 82.6 Å². The van der Waals surface area contributed by atoms with Crippen molar-refractivity contribution in [2.75, 3.05) is 11.9 Å². The summed E-state index contributed by atoms with van der Waals surface area (Å²) in [4.78, 5) is 11.0. The van der Waals surface area contributed by atoms with Gasteiger partial charge in [-0.05, 0) is 53.1 Å². The van der Waals surface area contributed by atoms with E-state index >= 15 is 0 Å². The summed E-state index contributed by atoms with van der Waals surface area (Å²) in [5.41, 5.74) is 1.54. The van der Waals surface area contributed by atoms with Gasteiger partial charge < -0.3 is 10.1 Å². The minimum atomic E-state index is -0.944. The third kappa shape index (κ3) is 5.42. The number of ether oxygens (including phenoxy) is 1. The van der Waals surface area contributed by atoms with Crippen molar-refractivity contribution in [2.24, 2.45) is 0 Å². The smallest absolute Gasteiger partial charge is 0.229 e. The molecule has 0 saturated heterocycles. The SMILES string of the molecule is O=C(I)COc1ccc(F)c(NCc2cc(-c3cccc(F)c3)ccc2Cl)c1F. The highest BCUT2D eigenvalue weighted by Crippen LogP contribution is 2.30. The maximum atomic E-state index is 14.6. The zero-order valence-corrected chi connectivity index (χ0v) is 17.7. The molecule has 0 aliphatic rings. The van der Waals surface area contributed by atoms with Gasteiger partial charge in [-0.15, -0.1) is 0 Å². The molecule has 3 aromatic carbocycles. The molecule has 0 atom stereocenters. The predicted molar refractivity (Wildman–Crippen MR) is 115 cm³/mol. The number of benzene rings is 3. The van der Waals surface area contributed by atoms with Crippen molar-refractivity contribution in [2.45, 2.75) is 6.54 Å². The van der Waals surface area contributed by atoms with Crippen LogP contribution in [0.2, 0.25) is 5.02 Å². The van der Waals surface area contributed by atoms with Gasteiger partial charge in [0.2, 0.25) is 3.79 Å². The molecule has 150 valence electrons. The Labute approximate surface area is 184 Å². The topological polar surface area (TPSA) is 38.3 Å². The molecule has 0 saturated carbocycles. The largest absolute Gasteiger partial charge is 0.482 e. The average Bonchev–Trinajstić information content (AvgIpc) is 2.68. The van der Waals surface area contributed by atoms with E-state index in [2.05, 4.69) is 5.32 Å². The molecule has 0 heterocycles. The van der Waals surface area contributed by atoms with Gasteiger partial charge >= 0.3 is 0 Å². The summed E-state index contributed by atoms with van der Waals surface area (Å²) in [6.07, 6.45) is 0. The molecule has 0 radical (unpaired) electrons. The summed E-state index contributed by atoms with van der Waals surface area (Å²) < 4.78 is 46.9. The molecular formula is C21H14ClF3INO2. The Morgan fingerprint density at radius 2 is 1.79 bits per heavy atom. The van der Waals surface area contributed by atoms with E-state index in [1.54, 1.807) is 30.3 Å². The molecule has 0 fully saturated rings. The normalized spacial score (nSPS) is 10.7. The second-order valence-electron chi connectivity index (χ2n) is 6.05. The van der Waals surface area contributed by atoms with Crippen LogP contribution in [0.5, 0.6) is 5.75 Å². The zero-order valence-electron chi connectivity index (χ0n) is 14.8. The summed E-state index contributed by atoms with van der Waals surface area (Å²) in [7, 11) is 0. The first-order chi connectivity index (χ1) is 13.8. The van der Waals surface area contributed by atoms with Crippen LogP contribution in [-0.4, -0.2) is 10.4 Å². The second-order valence-corrected chi connectivity index (χ2v) is 7.66. The van der Waals surface area contributed by atoms with E-state index in [0.717, 1.165) is 12.1 Å². The quantitative estimate of drug-likeness (QED) is 0.284. The van der Waals surface area contributed by atoms with E-state index in [9.17, 15) is 18.0 Å². The lowest BCUT2D eigenvalue weighted by molar-refractivity contribution is -0.111. The van der Waals surface area contributed by atoms with Crippen LogP contribution in [0.4, 0.5) is 18.9 Å². The first-order valence-corrected chi connectivity index (χ1v) is 9.88. The van der Waals surface area contributed by atoms with Crippen molar-refractivity contribution < 1.29 is 22.7 Å². The van der Waals surface area contributed by atoms with Crippen LogP contribution in [0.3, 0.4) is 0 Å². The third-order valence-electron chi connectivity index (χ3n) is 4.06. The van der Waals surface area contributed by atoms with Gasteiger partial charge in [-0.2, -0.15) is 0 Å². The lowest BCUT2D eigenvalue weighted by atomic mass is 10.0. The van der Waals surface area contributed by atoms with E-state index in [0.29, 0.717) is 21.7 Å². The van der Waals surface area contributed by atoms with Crippen LogP contribution < -0.4 is 10.1 Å². The van der Waals surface area contributed by atoms with Crippen molar-refractivity contribution in [1.82, 2.24) is 0 Å². The molecule has 0 aliphatic heterocycles. The highest BCUT2D eigenvalue weighted by molar-refractivity contribution is 14.1. The van der Waals surface area contributed by atoms with Gasteiger partial charge in [0.1, 0.15) is 17.3 Å². The summed E-state index contributed by atoms with van der Waals surface area (Å²) in [6.45, 7) is -0.311. The highest BCUT2D eigenvalue weighted by atomic mass is 127. The fourth-order valence-corrected chi connectivity index (χ4v) is 3.02. The number of anilines is 1. The molecule has 0 aromatic heterocycles. The molecule has 0 unspecified atom stereocenters. The molecule has 29 heavy (non-hydrogen) atoms. The summed E-state index contributed by atoms with van der Waals surface area (Å²) in [5, 5.41) is 3.07. The summed E-state index contributed by atoms with van der Waals surface area (Å²) in [6, 6.07) is 13.3. The first kappa shape index (κ1) is 21.4. The molecule has 1 N–H and O–H groups in total. The molecule has 3 rings (SSSR count). The van der Waals surface area contributed by atoms with Gasteiger partial charge in [0.05, 0.1) is 0 Å². The number of carbonyl (C=O) groups is 1. The van der Waals surface area contributed by atoms with Crippen LogP contribution >= 0.6 is 34.2 Å². The molecule has 3 aromatic rings. The number of halogens is 5. The number of nitrogens with one attached hydrogen (secondary N) is 1. The molecule has 0 aliphatic carbocycles. The van der Waals surface area contributed by atoms with Crippen molar-refractivity contribution in [1.29, 1.82) is 0 Å². The van der Waals surface area contributed by atoms with E-state index in [1.807, 2.05) is 0 Å². The molecule has 0 spiro atoms. The van der Waals surface area contributed by atoms with Crippen LogP contribution in [0.25, 0.3) is 11.1 Å². The van der Waals surface area contributed by atoms with E-state index in [1.165, 1.54) is 34.7 Å². The van der Waals surface area contributed by atoms with Gasteiger partial charge in [0.25, 0.3) is 0 Å². The fourth-order valence-electron chi connectivity index (χ4n) is 2.68. The van der Waals surface area contributed by atoms with E-state index < -0.39 is 17.3 Å².